The molecule has 3 N–H and O–H groups in total. The first kappa shape index (κ1) is 25.3. The topological polar surface area (TPSA) is 72.8 Å². The zero-order valence-corrected chi connectivity index (χ0v) is 19.9. The van der Waals surface area contributed by atoms with Gasteiger partial charge in [0, 0.05) is 31.9 Å². The number of hydrogen-bond acceptors (Lipinski definition) is 4. The summed E-state index contributed by atoms with van der Waals surface area (Å²) < 4.78 is 38.4. The molecule has 1 aromatic carbocycles. The number of phenols is 1. The Labute approximate surface area is 200 Å². The summed E-state index contributed by atoms with van der Waals surface area (Å²) in [6, 6.07) is 7.79. The molecule has 11 heteroatoms. The van der Waals surface area contributed by atoms with Crippen molar-refractivity contribution in [3.63, 3.8) is 0 Å². The molecule has 1 saturated heterocycles. The van der Waals surface area contributed by atoms with Gasteiger partial charge in [-0.2, -0.15) is 13.2 Å². The predicted molar refractivity (Wildman–Crippen MR) is 126 cm³/mol. The average Bonchev–Trinajstić information content (AvgIpc) is 3.15. The van der Waals surface area contributed by atoms with Gasteiger partial charge in [-0.15, -0.1) is 24.0 Å². The minimum Gasteiger partial charge on any atom is -0.508 e. The van der Waals surface area contributed by atoms with Gasteiger partial charge in [0.1, 0.15) is 11.6 Å². The highest BCUT2D eigenvalue weighted by atomic mass is 127. The predicted octanol–water partition coefficient (Wildman–Crippen LogP) is 4.41. The summed E-state index contributed by atoms with van der Waals surface area (Å²) in [6.07, 6.45) is -2.90. The number of rotatable bonds is 5. The van der Waals surface area contributed by atoms with E-state index < -0.39 is 11.7 Å². The van der Waals surface area contributed by atoms with E-state index in [0.717, 1.165) is 24.2 Å². The molecule has 1 fully saturated rings. The zero-order chi connectivity index (χ0) is 21.7. The van der Waals surface area contributed by atoms with Crippen molar-refractivity contribution in [3.8, 4) is 5.75 Å². The molecular formula is C20H24ClF3IN5O. The monoisotopic (exact) mass is 569 g/mol. The van der Waals surface area contributed by atoms with Gasteiger partial charge in [-0.3, -0.25) is 0 Å². The van der Waals surface area contributed by atoms with Crippen LogP contribution in [0, 0.1) is 0 Å². The Morgan fingerprint density at radius 2 is 2.03 bits per heavy atom. The van der Waals surface area contributed by atoms with Crippen LogP contribution < -0.4 is 15.5 Å². The lowest BCUT2D eigenvalue weighted by molar-refractivity contribution is -0.137. The quantitative estimate of drug-likeness (QED) is 0.283. The molecule has 1 aliphatic heterocycles. The lowest BCUT2D eigenvalue weighted by Crippen LogP contribution is -2.44. The van der Waals surface area contributed by atoms with Crippen LogP contribution in [0.2, 0.25) is 5.02 Å². The molecule has 0 amide bonds. The molecule has 1 atom stereocenters. The van der Waals surface area contributed by atoms with Gasteiger partial charge in [-0.05, 0) is 37.1 Å². The molecule has 1 aromatic heterocycles. The zero-order valence-electron chi connectivity index (χ0n) is 16.8. The fourth-order valence-corrected chi connectivity index (χ4v) is 3.46. The highest BCUT2D eigenvalue weighted by Gasteiger charge is 2.33. The summed E-state index contributed by atoms with van der Waals surface area (Å²) in [5, 5.41) is 15.9. The average molecular weight is 570 g/mol. The SMILES string of the molecule is CCNC(=NCc1ccc(O)cc1)NC1CCN(c2ncc(C(F)(F)F)cc2Cl)C1.I. The summed E-state index contributed by atoms with van der Waals surface area (Å²) in [7, 11) is 0. The van der Waals surface area contributed by atoms with Gasteiger partial charge in [0.25, 0.3) is 0 Å². The molecule has 0 bridgehead atoms. The molecule has 1 aliphatic rings. The minimum atomic E-state index is -4.47. The third-order valence-electron chi connectivity index (χ3n) is 4.68. The largest absolute Gasteiger partial charge is 0.508 e. The van der Waals surface area contributed by atoms with Gasteiger partial charge < -0.3 is 20.6 Å². The van der Waals surface area contributed by atoms with E-state index in [9.17, 15) is 18.3 Å². The van der Waals surface area contributed by atoms with Crippen molar-refractivity contribution in [1.82, 2.24) is 15.6 Å². The van der Waals surface area contributed by atoms with Crippen LogP contribution >= 0.6 is 35.6 Å². The van der Waals surface area contributed by atoms with Crippen LogP contribution in [0.25, 0.3) is 0 Å². The number of alkyl halides is 3. The second-order valence-electron chi connectivity index (χ2n) is 6.96. The number of aromatic nitrogens is 1. The molecule has 0 radical (unpaired) electrons. The molecule has 2 heterocycles. The number of anilines is 1. The molecule has 0 spiro atoms. The number of nitrogens with one attached hydrogen (secondary N) is 2. The van der Waals surface area contributed by atoms with Crippen LogP contribution in [0.1, 0.15) is 24.5 Å². The number of aromatic hydroxyl groups is 1. The molecule has 0 aliphatic carbocycles. The second kappa shape index (κ2) is 11.1. The molecule has 6 nitrogen and oxygen atoms in total. The molecule has 3 rings (SSSR count). The molecule has 170 valence electrons. The number of nitrogens with zero attached hydrogens (tertiary/aromatic N) is 3. The number of pyridine rings is 1. The van der Waals surface area contributed by atoms with E-state index in [1.807, 2.05) is 11.8 Å². The number of hydrogen-bond donors (Lipinski definition) is 3. The third-order valence-corrected chi connectivity index (χ3v) is 4.96. The van der Waals surface area contributed by atoms with Crippen molar-refractivity contribution in [2.75, 3.05) is 24.5 Å². The van der Waals surface area contributed by atoms with Crippen molar-refractivity contribution in [1.29, 1.82) is 0 Å². The van der Waals surface area contributed by atoms with Gasteiger partial charge >= 0.3 is 6.18 Å². The molecule has 2 aromatic rings. The van der Waals surface area contributed by atoms with E-state index in [0.29, 0.717) is 38.0 Å². The maximum atomic E-state index is 12.8. The number of halogens is 5. The first-order valence-electron chi connectivity index (χ1n) is 9.56. The summed E-state index contributed by atoms with van der Waals surface area (Å²) in [5.41, 5.74) is 0.0969. The Balaban J connectivity index is 0.00000341. The van der Waals surface area contributed by atoms with Crippen molar-refractivity contribution >= 4 is 47.4 Å². The van der Waals surface area contributed by atoms with E-state index in [-0.39, 0.29) is 40.8 Å². The first-order valence-corrected chi connectivity index (χ1v) is 9.94. The van der Waals surface area contributed by atoms with E-state index >= 15 is 0 Å². The Morgan fingerprint density at radius 3 is 2.65 bits per heavy atom. The lowest BCUT2D eigenvalue weighted by atomic mass is 10.2. The molecular weight excluding hydrogens is 546 g/mol. The molecule has 0 saturated carbocycles. The van der Waals surface area contributed by atoms with Crippen LogP contribution in [0.15, 0.2) is 41.5 Å². The molecule has 1 unspecified atom stereocenters. The summed E-state index contributed by atoms with van der Waals surface area (Å²) in [6.45, 7) is 4.25. The van der Waals surface area contributed by atoms with Gasteiger partial charge in [-0.1, -0.05) is 23.7 Å². The summed E-state index contributed by atoms with van der Waals surface area (Å²) in [4.78, 5) is 10.4. The number of aliphatic imine (C=N–C) groups is 1. The van der Waals surface area contributed by atoms with Gasteiger partial charge in [0.2, 0.25) is 0 Å². The third kappa shape index (κ3) is 7.03. The lowest BCUT2D eigenvalue weighted by Gasteiger charge is -2.21. The Hall–Kier alpha value is -1.95. The maximum absolute atomic E-state index is 12.8. The minimum absolute atomic E-state index is 0. The van der Waals surface area contributed by atoms with Gasteiger partial charge in [0.05, 0.1) is 17.1 Å². The fraction of sp³-hybridized carbons (Fsp3) is 0.400. The number of guanidine groups is 1. The fourth-order valence-electron chi connectivity index (χ4n) is 3.17. The van der Waals surface area contributed by atoms with Crippen LogP contribution in [-0.2, 0) is 12.7 Å². The second-order valence-corrected chi connectivity index (χ2v) is 7.37. The van der Waals surface area contributed by atoms with Gasteiger partial charge in [0.15, 0.2) is 5.96 Å². The van der Waals surface area contributed by atoms with Crippen LogP contribution in [0.4, 0.5) is 19.0 Å². The number of benzene rings is 1. The first-order chi connectivity index (χ1) is 14.3. The van der Waals surface area contributed by atoms with Crippen LogP contribution in [-0.4, -0.2) is 41.7 Å². The molecule has 31 heavy (non-hydrogen) atoms. The van der Waals surface area contributed by atoms with Gasteiger partial charge in [-0.25, -0.2) is 9.98 Å². The standard InChI is InChI=1S/C20H23ClF3N5O.HI/c1-2-25-19(27-10-13-3-5-16(30)6-4-13)28-15-7-8-29(12-15)18-17(21)9-14(11-26-18)20(22,23)24;/h3-6,9,11,15,30H,2,7-8,10,12H2,1H3,(H2,25,27,28);1H. The van der Waals surface area contributed by atoms with E-state index in [4.69, 9.17) is 11.6 Å². The Kier molecular flexibility index (Phi) is 9.04. The smallest absolute Gasteiger partial charge is 0.417 e. The Morgan fingerprint density at radius 1 is 1.32 bits per heavy atom. The van der Waals surface area contributed by atoms with E-state index in [1.54, 1.807) is 24.3 Å². The van der Waals surface area contributed by atoms with Crippen molar-refractivity contribution in [2.45, 2.75) is 32.1 Å². The highest BCUT2D eigenvalue weighted by molar-refractivity contribution is 14.0. The van der Waals surface area contributed by atoms with Crippen molar-refractivity contribution < 1.29 is 18.3 Å². The highest BCUT2D eigenvalue weighted by Crippen LogP contribution is 2.34. The van der Waals surface area contributed by atoms with E-state index in [1.165, 1.54) is 0 Å². The van der Waals surface area contributed by atoms with Crippen LogP contribution in [0.3, 0.4) is 0 Å². The summed E-state index contributed by atoms with van der Waals surface area (Å²) in [5.74, 6) is 1.19. The van der Waals surface area contributed by atoms with Crippen molar-refractivity contribution in [3.05, 3.63) is 52.7 Å². The number of phenolic OH excluding ortho intramolecular Hbond substituents is 1. The van der Waals surface area contributed by atoms with Crippen LogP contribution in [0.5, 0.6) is 5.75 Å². The summed E-state index contributed by atoms with van der Waals surface area (Å²) >= 11 is 6.07. The van der Waals surface area contributed by atoms with Crippen molar-refractivity contribution in [2.24, 2.45) is 4.99 Å². The maximum Gasteiger partial charge on any atom is 0.417 e. The van der Waals surface area contributed by atoms with E-state index in [2.05, 4.69) is 20.6 Å². The normalized spacial score (nSPS) is 16.7. The Bertz CT molecular complexity index is 895.